The molecule has 15 heavy (non-hydrogen) atoms. The Morgan fingerprint density at radius 3 is 2.60 bits per heavy atom. The van der Waals surface area contributed by atoms with Crippen LogP contribution in [0.1, 0.15) is 43.2 Å². The van der Waals surface area contributed by atoms with E-state index in [4.69, 9.17) is 10.5 Å². The van der Waals surface area contributed by atoms with Crippen molar-refractivity contribution in [1.29, 1.82) is 0 Å². The molecule has 0 spiro atoms. The summed E-state index contributed by atoms with van der Waals surface area (Å²) in [6.45, 7) is 4.18. The Bertz CT molecular complexity index is 340. The van der Waals surface area contributed by atoms with Gasteiger partial charge in [0.05, 0.1) is 12.8 Å². The fourth-order valence-electron chi connectivity index (χ4n) is 1.75. The molecule has 1 heterocycles. The van der Waals surface area contributed by atoms with E-state index in [1.54, 1.807) is 12.3 Å². The minimum absolute atomic E-state index is 0.302. The Kier molecular flexibility index (Phi) is 3.77. The normalized spacial score (nSPS) is 10.7. The minimum Gasteiger partial charge on any atom is -0.464 e. The SMILES string of the molecule is CCC(CC)n1cc(N)cc1C(=O)OC. The van der Waals surface area contributed by atoms with Crippen molar-refractivity contribution in [3.63, 3.8) is 0 Å². The van der Waals surface area contributed by atoms with E-state index in [9.17, 15) is 4.79 Å². The average Bonchev–Trinajstić information content (AvgIpc) is 2.61. The number of ether oxygens (including phenoxy) is 1. The van der Waals surface area contributed by atoms with Gasteiger partial charge in [-0.25, -0.2) is 4.79 Å². The summed E-state index contributed by atoms with van der Waals surface area (Å²) in [5.41, 5.74) is 6.82. The standard InChI is InChI=1S/C11H18N2O2/c1-4-9(5-2)13-7-8(12)6-10(13)11(14)15-3/h6-7,9H,4-5,12H2,1-3H3. The van der Waals surface area contributed by atoms with Gasteiger partial charge < -0.3 is 15.0 Å². The maximum absolute atomic E-state index is 11.5. The van der Waals surface area contributed by atoms with E-state index in [0.717, 1.165) is 12.8 Å². The van der Waals surface area contributed by atoms with Gasteiger partial charge in [-0.2, -0.15) is 0 Å². The highest BCUT2D eigenvalue weighted by molar-refractivity contribution is 5.89. The van der Waals surface area contributed by atoms with Crippen molar-refractivity contribution in [2.75, 3.05) is 12.8 Å². The summed E-state index contributed by atoms with van der Waals surface area (Å²) in [5.74, 6) is -0.335. The molecule has 0 fully saturated rings. The largest absolute Gasteiger partial charge is 0.464 e. The van der Waals surface area contributed by atoms with Gasteiger partial charge in [-0.1, -0.05) is 13.8 Å². The van der Waals surface area contributed by atoms with E-state index in [1.807, 2.05) is 4.57 Å². The van der Waals surface area contributed by atoms with Crippen LogP contribution in [0, 0.1) is 0 Å². The van der Waals surface area contributed by atoms with E-state index in [2.05, 4.69) is 13.8 Å². The van der Waals surface area contributed by atoms with Gasteiger partial charge in [-0.05, 0) is 18.9 Å². The smallest absolute Gasteiger partial charge is 0.354 e. The number of nitrogens with two attached hydrogens (primary N) is 1. The molecule has 0 atom stereocenters. The number of anilines is 1. The first kappa shape index (κ1) is 11.6. The molecule has 0 bridgehead atoms. The Balaban J connectivity index is 3.10. The Hall–Kier alpha value is -1.45. The molecule has 1 aromatic heterocycles. The molecule has 0 amide bonds. The second kappa shape index (κ2) is 4.87. The Morgan fingerprint density at radius 1 is 1.53 bits per heavy atom. The van der Waals surface area contributed by atoms with Crippen LogP contribution >= 0.6 is 0 Å². The number of nitrogens with zero attached hydrogens (tertiary/aromatic N) is 1. The molecule has 0 aliphatic rings. The lowest BCUT2D eigenvalue weighted by atomic mass is 10.1. The van der Waals surface area contributed by atoms with Crippen LogP contribution in [-0.4, -0.2) is 17.6 Å². The van der Waals surface area contributed by atoms with Crippen LogP contribution in [0.2, 0.25) is 0 Å². The highest BCUT2D eigenvalue weighted by Gasteiger charge is 2.17. The van der Waals surface area contributed by atoms with Gasteiger partial charge in [-0.3, -0.25) is 0 Å². The Labute approximate surface area is 90.0 Å². The zero-order valence-electron chi connectivity index (χ0n) is 9.49. The van der Waals surface area contributed by atoms with Gasteiger partial charge in [0, 0.05) is 12.2 Å². The first-order chi connectivity index (χ1) is 7.13. The summed E-state index contributed by atoms with van der Waals surface area (Å²) in [5, 5.41) is 0. The fourth-order valence-corrected chi connectivity index (χ4v) is 1.75. The Morgan fingerprint density at radius 2 is 2.13 bits per heavy atom. The zero-order valence-corrected chi connectivity index (χ0v) is 9.49. The molecule has 1 aromatic rings. The molecule has 0 saturated heterocycles. The lowest BCUT2D eigenvalue weighted by Crippen LogP contribution is -2.14. The van der Waals surface area contributed by atoms with Crippen LogP contribution < -0.4 is 5.73 Å². The maximum atomic E-state index is 11.5. The van der Waals surface area contributed by atoms with E-state index in [-0.39, 0.29) is 5.97 Å². The predicted molar refractivity (Wildman–Crippen MR) is 59.8 cm³/mol. The molecule has 0 saturated carbocycles. The van der Waals surface area contributed by atoms with Crippen molar-refractivity contribution in [2.24, 2.45) is 0 Å². The lowest BCUT2D eigenvalue weighted by molar-refractivity contribution is 0.0585. The molecular weight excluding hydrogens is 192 g/mol. The van der Waals surface area contributed by atoms with Crippen molar-refractivity contribution in [3.8, 4) is 0 Å². The topological polar surface area (TPSA) is 57.2 Å². The number of carbonyl (C=O) groups is 1. The molecule has 1 rings (SSSR count). The number of hydrogen-bond acceptors (Lipinski definition) is 3. The first-order valence-corrected chi connectivity index (χ1v) is 5.19. The highest BCUT2D eigenvalue weighted by atomic mass is 16.5. The summed E-state index contributed by atoms with van der Waals surface area (Å²) in [7, 11) is 1.38. The van der Waals surface area contributed by atoms with Crippen molar-refractivity contribution in [1.82, 2.24) is 4.57 Å². The van der Waals surface area contributed by atoms with Crippen LogP contribution in [0.3, 0.4) is 0 Å². The number of carbonyl (C=O) groups excluding carboxylic acids is 1. The number of nitrogen functional groups attached to an aromatic ring is 1. The van der Waals surface area contributed by atoms with Crippen molar-refractivity contribution in [2.45, 2.75) is 32.7 Å². The van der Waals surface area contributed by atoms with E-state index >= 15 is 0 Å². The van der Waals surface area contributed by atoms with Crippen molar-refractivity contribution in [3.05, 3.63) is 18.0 Å². The number of rotatable bonds is 4. The molecular formula is C11H18N2O2. The summed E-state index contributed by atoms with van der Waals surface area (Å²) in [6, 6.07) is 1.96. The first-order valence-electron chi connectivity index (χ1n) is 5.19. The van der Waals surface area contributed by atoms with Gasteiger partial charge >= 0.3 is 5.97 Å². The van der Waals surface area contributed by atoms with Gasteiger partial charge in [0.1, 0.15) is 5.69 Å². The second-order valence-corrected chi connectivity index (χ2v) is 3.53. The van der Waals surface area contributed by atoms with Gasteiger partial charge in [0.25, 0.3) is 0 Å². The summed E-state index contributed by atoms with van der Waals surface area (Å²) in [6.07, 6.45) is 3.73. The van der Waals surface area contributed by atoms with Gasteiger partial charge in [0.2, 0.25) is 0 Å². The third-order valence-corrected chi connectivity index (χ3v) is 2.60. The van der Waals surface area contributed by atoms with Crippen LogP contribution in [-0.2, 0) is 4.74 Å². The number of methoxy groups -OCH3 is 1. The summed E-state index contributed by atoms with van der Waals surface area (Å²) < 4.78 is 6.62. The third-order valence-electron chi connectivity index (χ3n) is 2.60. The molecule has 0 radical (unpaired) electrons. The quantitative estimate of drug-likeness (QED) is 0.775. The second-order valence-electron chi connectivity index (χ2n) is 3.53. The molecule has 0 unspecified atom stereocenters. The summed E-state index contributed by atoms with van der Waals surface area (Å²) >= 11 is 0. The highest BCUT2D eigenvalue weighted by Crippen LogP contribution is 2.22. The zero-order chi connectivity index (χ0) is 11.4. The molecule has 4 nitrogen and oxygen atoms in total. The van der Waals surface area contributed by atoms with Gasteiger partial charge in [-0.15, -0.1) is 0 Å². The average molecular weight is 210 g/mol. The molecule has 2 N–H and O–H groups in total. The maximum Gasteiger partial charge on any atom is 0.354 e. The van der Waals surface area contributed by atoms with Crippen LogP contribution in [0.15, 0.2) is 12.3 Å². The monoisotopic (exact) mass is 210 g/mol. The van der Waals surface area contributed by atoms with Gasteiger partial charge in [0.15, 0.2) is 0 Å². The van der Waals surface area contributed by atoms with Crippen LogP contribution in [0.5, 0.6) is 0 Å². The lowest BCUT2D eigenvalue weighted by Gasteiger charge is -2.17. The van der Waals surface area contributed by atoms with E-state index in [1.165, 1.54) is 7.11 Å². The van der Waals surface area contributed by atoms with E-state index in [0.29, 0.717) is 17.4 Å². The predicted octanol–water partition coefficient (Wildman–Crippen LogP) is 2.22. The number of aromatic nitrogens is 1. The minimum atomic E-state index is -0.335. The molecule has 4 heteroatoms. The van der Waals surface area contributed by atoms with E-state index < -0.39 is 0 Å². The molecule has 84 valence electrons. The van der Waals surface area contributed by atoms with Crippen molar-refractivity contribution >= 4 is 11.7 Å². The number of hydrogen-bond donors (Lipinski definition) is 1. The third kappa shape index (κ3) is 2.32. The molecule has 0 aliphatic carbocycles. The summed E-state index contributed by atoms with van der Waals surface area (Å²) in [4.78, 5) is 11.5. The van der Waals surface area contributed by atoms with Crippen molar-refractivity contribution < 1.29 is 9.53 Å². The van der Waals surface area contributed by atoms with Crippen LogP contribution in [0.25, 0.3) is 0 Å². The molecule has 0 aromatic carbocycles. The fraction of sp³-hybridized carbons (Fsp3) is 0.545. The number of esters is 1. The molecule has 0 aliphatic heterocycles. The van der Waals surface area contributed by atoms with Crippen LogP contribution in [0.4, 0.5) is 5.69 Å².